The first-order chi connectivity index (χ1) is 9.60. The number of methoxy groups -OCH3 is 1. The summed E-state index contributed by atoms with van der Waals surface area (Å²) in [6.45, 7) is 1.96. The normalized spacial score (nSPS) is 12.0. The predicted octanol–water partition coefficient (Wildman–Crippen LogP) is 4.03. The zero-order valence-corrected chi connectivity index (χ0v) is 12.4. The maximum atomic E-state index is 6.23. The molecule has 0 saturated carbocycles. The number of ether oxygens (including phenoxy) is 2. The van der Waals surface area contributed by atoms with Gasteiger partial charge < -0.3 is 15.2 Å². The van der Waals surface area contributed by atoms with E-state index in [9.17, 15) is 0 Å². The van der Waals surface area contributed by atoms with E-state index in [1.165, 1.54) is 0 Å². The van der Waals surface area contributed by atoms with Gasteiger partial charge in [-0.2, -0.15) is 0 Å². The Kier molecular flexibility index (Phi) is 4.88. The first-order valence-corrected chi connectivity index (χ1v) is 6.83. The van der Waals surface area contributed by atoms with Gasteiger partial charge in [0.05, 0.1) is 12.1 Å². The van der Waals surface area contributed by atoms with Crippen LogP contribution in [0.4, 0.5) is 0 Å². The minimum absolute atomic E-state index is 0.0479. The molecule has 2 rings (SSSR count). The molecule has 3 nitrogen and oxygen atoms in total. The number of halogens is 1. The van der Waals surface area contributed by atoms with Crippen LogP contribution in [0.15, 0.2) is 42.5 Å². The minimum atomic E-state index is 0.0479. The summed E-state index contributed by atoms with van der Waals surface area (Å²) >= 11 is 6.23. The van der Waals surface area contributed by atoms with Gasteiger partial charge in [-0.05, 0) is 49.2 Å². The number of nitrogens with two attached hydrogens (primary N) is 1. The summed E-state index contributed by atoms with van der Waals surface area (Å²) in [6, 6.07) is 13.1. The van der Waals surface area contributed by atoms with Crippen molar-refractivity contribution < 1.29 is 9.47 Å². The summed E-state index contributed by atoms with van der Waals surface area (Å²) in [5.41, 5.74) is 6.86. The van der Waals surface area contributed by atoms with Crippen LogP contribution in [0.3, 0.4) is 0 Å². The van der Waals surface area contributed by atoms with Crippen LogP contribution < -0.4 is 15.2 Å². The molecule has 0 radical (unpaired) electrons. The maximum Gasteiger partial charge on any atom is 0.149 e. The summed E-state index contributed by atoms with van der Waals surface area (Å²) in [5, 5.41) is 0.582. The quantitative estimate of drug-likeness (QED) is 0.904. The van der Waals surface area contributed by atoms with E-state index in [4.69, 9.17) is 26.8 Å². The van der Waals surface area contributed by atoms with Crippen molar-refractivity contribution in [1.82, 2.24) is 0 Å². The lowest BCUT2D eigenvalue weighted by molar-refractivity contribution is 0.412. The highest BCUT2D eigenvalue weighted by atomic mass is 35.5. The van der Waals surface area contributed by atoms with E-state index in [0.717, 1.165) is 11.3 Å². The van der Waals surface area contributed by atoms with Gasteiger partial charge in [0.1, 0.15) is 17.2 Å². The van der Waals surface area contributed by atoms with Gasteiger partial charge in [-0.3, -0.25) is 0 Å². The third-order valence-corrected chi connectivity index (χ3v) is 3.17. The minimum Gasteiger partial charge on any atom is -0.497 e. The molecular formula is C16H18ClNO2. The van der Waals surface area contributed by atoms with Gasteiger partial charge in [-0.1, -0.05) is 23.7 Å². The zero-order chi connectivity index (χ0) is 14.5. The fourth-order valence-electron chi connectivity index (χ4n) is 1.94. The Morgan fingerprint density at radius 1 is 1.10 bits per heavy atom. The second kappa shape index (κ2) is 6.64. The van der Waals surface area contributed by atoms with Crippen LogP contribution in [0, 0.1) is 0 Å². The average Bonchev–Trinajstić information content (AvgIpc) is 2.43. The summed E-state index contributed by atoms with van der Waals surface area (Å²) in [7, 11) is 1.63. The van der Waals surface area contributed by atoms with Gasteiger partial charge in [-0.15, -0.1) is 0 Å². The lowest BCUT2D eigenvalue weighted by atomic mass is 10.1. The van der Waals surface area contributed by atoms with Crippen molar-refractivity contribution >= 4 is 11.6 Å². The van der Waals surface area contributed by atoms with Gasteiger partial charge in [0.2, 0.25) is 0 Å². The third kappa shape index (κ3) is 3.65. The molecule has 0 heterocycles. The molecule has 0 aliphatic carbocycles. The molecule has 2 N–H and O–H groups in total. The molecule has 0 aliphatic rings. The molecule has 0 saturated heterocycles. The second-order valence-electron chi connectivity index (χ2n) is 4.69. The largest absolute Gasteiger partial charge is 0.497 e. The van der Waals surface area contributed by atoms with Gasteiger partial charge >= 0.3 is 0 Å². The smallest absolute Gasteiger partial charge is 0.149 e. The summed E-state index contributed by atoms with van der Waals surface area (Å²) in [5.74, 6) is 2.16. The van der Waals surface area contributed by atoms with Crippen LogP contribution in [0.1, 0.15) is 12.5 Å². The van der Waals surface area contributed by atoms with E-state index < -0.39 is 0 Å². The molecule has 1 atom stereocenters. The lowest BCUT2D eigenvalue weighted by Crippen LogP contribution is -2.18. The Morgan fingerprint density at radius 3 is 2.35 bits per heavy atom. The summed E-state index contributed by atoms with van der Waals surface area (Å²) in [4.78, 5) is 0. The van der Waals surface area contributed by atoms with Gasteiger partial charge in [0.15, 0.2) is 0 Å². The van der Waals surface area contributed by atoms with Crippen LogP contribution in [-0.4, -0.2) is 13.2 Å². The van der Waals surface area contributed by atoms with Crippen LogP contribution in [0.25, 0.3) is 0 Å². The highest BCUT2D eigenvalue weighted by molar-refractivity contribution is 6.32. The number of hydrogen-bond donors (Lipinski definition) is 1. The van der Waals surface area contributed by atoms with E-state index >= 15 is 0 Å². The molecule has 0 aliphatic heterocycles. The van der Waals surface area contributed by atoms with Crippen molar-refractivity contribution in [3.05, 3.63) is 53.1 Å². The fraction of sp³-hybridized carbons (Fsp3) is 0.250. The highest BCUT2D eigenvalue weighted by Gasteiger charge is 2.11. The molecule has 0 aromatic heterocycles. The molecule has 20 heavy (non-hydrogen) atoms. The van der Waals surface area contributed by atoms with Crippen LogP contribution in [0.2, 0.25) is 5.02 Å². The van der Waals surface area contributed by atoms with Crippen LogP contribution in [-0.2, 0) is 6.42 Å². The van der Waals surface area contributed by atoms with Gasteiger partial charge in [0.25, 0.3) is 0 Å². The van der Waals surface area contributed by atoms with E-state index in [2.05, 4.69) is 0 Å². The Balaban J connectivity index is 2.26. The first-order valence-electron chi connectivity index (χ1n) is 6.45. The van der Waals surface area contributed by atoms with Crippen molar-refractivity contribution in [1.29, 1.82) is 0 Å². The molecular weight excluding hydrogens is 274 g/mol. The van der Waals surface area contributed by atoms with Crippen LogP contribution in [0.5, 0.6) is 17.2 Å². The third-order valence-electron chi connectivity index (χ3n) is 2.87. The lowest BCUT2D eigenvalue weighted by Gasteiger charge is -2.14. The molecule has 2 aromatic carbocycles. The van der Waals surface area contributed by atoms with Gasteiger partial charge in [-0.25, -0.2) is 0 Å². The predicted molar refractivity (Wildman–Crippen MR) is 81.9 cm³/mol. The van der Waals surface area contributed by atoms with E-state index in [1.807, 2.05) is 49.4 Å². The van der Waals surface area contributed by atoms with Crippen molar-refractivity contribution in [3.63, 3.8) is 0 Å². The van der Waals surface area contributed by atoms with Crippen molar-refractivity contribution in [2.45, 2.75) is 19.4 Å². The molecule has 4 heteroatoms. The molecule has 106 valence electrons. The molecule has 2 aromatic rings. The summed E-state index contributed by atoms with van der Waals surface area (Å²) < 4.78 is 11.0. The zero-order valence-electron chi connectivity index (χ0n) is 11.6. The Bertz CT molecular complexity index is 567. The van der Waals surface area contributed by atoms with Gasteiger partial charge in [0, 0.05) is 6.04 Å². The number of benzene rings is 2. The highest BCUT2D eigenvalue weighted by Crippen LogP contribution is 2.34. The maximum absolute atomic E-state index is 6.23. The Hall–Kier alpha value is -1.71. The molecule has 0 amide bonds. The SMILES string of the molecule is COc1ccc(Oc2c(Cl)cccc2CC(C)N)cc1. The second-order valence-corrected chi connectivity index (χ2v) is 5.09. The molecule has 0 fully saturated rings. The van der Waals surface area contributed by atoms with Crippen LogP contribution >= 0.6 is 11.6 Å². The molecule has 1 unspecified atom stereocenters. The fourth-order valence-corrected chi connectivity index (χ4v) is 2.17. The van der Waals surface area contributed by atoms with Crippen molar-refractivity contribution in [2.24, 2.45) is 5.73 Å². The van der Waals surface area contributed by atoms with Crippen molar-refractivity contribution in [3.8, 4) is 17.2 Å². The van der Waals surface area contributed by atoms with E-state index in [1.54, 1.807) is 7.11 Å². The van der Waals surface area contributed by atoms with E-state index in [0.29, 0.717) is 22.9 Å². The number of rotatable bonds is 5. The molecule has 0 bridgehead atoms. The molecule has 0 spiro atoms. The standard InChI is InChI=1S/C16H18ClNO2/c1-11(18)10-12-4-3-5-15(17)16(12)20-14-8-6-13(19-2)7-9-14/h3-9,11H,10,18H2,1-2H3. The Morgan fingerprint density at radius 2 is 1.75 bits per heavy atom. The first kappa shape index (κ1) is 14.7. The number of hydrogen-bond acceptors (Lipinski definition) is 3. The van der Waals surface area contributed by atoms with Crippen molar-refractivity contribution in [2.75, 3.05) is 7.11 Å². The van der Waals surface area contributed by atoms with E-state index in [-0.39, 0.29) is 6.04 Å². The topological polar surface area (TPSA) is 44.5 Å². The average molecular weight is 292 g/mol. The Labute approximate surface area is 124 Å². The summed E-state index contributed by atoms with van der Waals surface area (Å²) in [6.07, 6.45) is 0.714. The number of para-hydroxylation sites is 1. The monoisotopic (exact) mass is 291 g/mol.